The fourth-order valence-corrected chi connectivity index (χ4v) is 1.95. The molecule has 1 fully saturated rings. The molecule has 1 aliphatic heterocycles. The van der Waals surface area contributed by atoms with E-state index in [1.165, 1.54) is 0 Å². The molecule has 0 bridgehead atoms. The summed E-state index contributed by atoms with van der Waals surface area (Å²) in [6.07, 6.45) is 2.99. The number of hydrogen-bond donors (Lipinski definition) is 2. The number of nitrogens with one attached hydrogen (secondary N) is 2. The standard InChI is InChI=1S/C10H21N3O/c1-4-10(6-5-7-11-8-10)9(14)12-13(2)3/h11H,4-8H2,1-3H3,(H,12,14). The predicted octanol–water partition coefficient (Wildman–Crippen LogP) is 0.359. The van der Waals surface area contributed by atoms with Crippen LogP contribution in [0.2, 0.25) is 0 Å². The van der Waals surface area contributed by atoms with Gasteiger partial charge in [0.1, 0.15) is 0 Å². The Morgan fingerprint density at radius 1 is 1.57 bits per heavy atom. The number of carbonyl (C=O) groups excluding carboxylic acids is 1. The van der Waals surface area contributed by atoms with Gasteiger partial charge in [0, 0.05) is 20.6 Å². The second kappa shape index (κ2) is 4.75. The van der Waals surface area contributed by atoms with Gasteiger partial charge in [-0.3, -0.25) is 10.2 Å². The van der Waals surface area contributed by atoms with E-state index in [-0.39, 0.29) is 11.3 Å². The average molecular weight is 199 g/mol. The van der Waals surface area contributed by atoms with Crippen molar-refractivity contribution in [3.05, 3.63) is 0 Å². The fourth-order valence-electron chi connectivity index (χ4n) is 1.95. The highest BCUT2D eigenvalue weighted by atomic mass is 16.2. The molecule has 0 saturated carbocycles. The van der Waals surface area contributed by atoms with E-state index in [1.54, 1.807) is 5.01 Å². The molecule has 0 aliphatic carbocycles. The van der Waals surface area contributed by atoms with E-state index >= 15 is 0 Å². The molecule has 1 heterocycles. The first-order valence-electron chi connectivity index (χ1n) is 5.30. The minimum Gasteiger partial charge on any atom is -0.316 e. The van der Waals surface area contributed by atoms with Crippen LogP contribution in [-0.2, 0) is 4.79 Å². The van der Waals surface area contributed by atoms with Gasteiger partial charge < -0.3 is 5.32 Å². The maximum Gasteiger partial charge on any atom is 0.241 e. The summed E-state index contributed by atoms with van der Waals surface area (Å²) >= 11 is 0. The van der Waals surface area contributed by atoms with E-state index < -0.39 is 0 Å². The summed E-state index contributed by atoms with van der Waals surface area (Å²) in [6, 6.07) is 0. The number of rotatable bonds is 3. The molecule has 1 aliphatic rings. The molecule has 1 amide bonds. The third kappa shape index (κ3) is 2.45. The third-order valence-corrected chi connectivity index (χ3v) is 2.96. The maximum atomic E-state index is 12.0. The molecule has 0 aromatic rings. The molecule has 2 N–H and O–H groups in total. The highest BCUT2D eigenvalue weighted by Crippen LogP contribution is 2.30. The van der Waals surface area contributed by atoms with E-state index in [9.17, 15) is 4.79 Å². The first-order chi connectivity index (χ1) is 6.60. The van der Waals surface area contributed by atoms with Crippen LogP contribution in [0.15, 0.2) is 0 Å². The largest absolute Gasteiger partial charge is 0.316 e. The first-order valence-corrected chi connectivity index (χ1v) is 5.30. The van der Waals surface area contributed by atoms with Crippen LogP contribution in [0.3, 0.4) is 0 Å². The lowest BCUT2D eigenvalue weighted by atomic mass is 9.77. The SMILES string of the molecule is CCC1(C(=O)NN(C)C)CCCNC1. The smallest absolute Gasteiger partial charge is 0.241 e. The summed E-state index contributed by atoms with van der Waals surface area (Å²) in [7, 11) is 3.69. The molecule has 0 radical (unpaired) electrons. The molecule has 82 valence electrons. The van der Waals surface area contributed by atoms with E-state index in [1.807, 2.05) is 14.1 Å². The van der Waals surface area contributed by atoms with Crippen molar-refractivity contribution < 1.29 is 4.79 Å². The summed E-state index contributed by atoms with van der Waals surface area (Å²) in [5.41, 5.74) is 2.67. The molecule has 4 nitrogen and oxygen atoms in total. The molecule has 0 aromatic carbocycles. The van der Waals surface area contributed by atoms with Gasteiger partial charge in [-0.1, -0.05) is 6.92 Å². The van der Waals surface area contributed by atoms with Gasteiger partial charge in [-0.05, 0) is 25.8 Å². The molecule has 1 saturated heterocycles. The van der Waals surface area contributed by atoms with Gasteiger partial charge in [0.05, 0.1) is 5.41 Å². The Balaban J connectivity index is 2.62. The molecule has 14 heavy (non-hydrogen) atoms. The zero-order chi connectivity index (χ0) is 10.6. The molecule has 1 rings (SSSR count). The van der Waals surface area contributed by atoms with Crippen molar-refractivity contribution in [3.63, 3.8) is 0 Å². The first kappa shape index (κ1) is 11.5. The van der Waals surface area contributed by atoms with E-state index in [4.69, 9.17) is 0 Å². The number of hydrogen-bond acceptors (Lipinski definition) is 3. The maximum absolute atomic E-state index is 12.0. The molecule has 0 aromatic heterocycles. The topological polar surface area (TPSA) is 44.4 Å². The molecular weight excluding hydrogens is 178 g/mol. The van der Waals surface area contributed by atoms with Crippen molar-refractivity contribution in [2.45, 2.75) is 26.2 Å². The van der Waals surface area contributed by atoms with Gasteiger partial charge in [-0.2, -0.15) is 0 Å². The third-order valence-electron chi connectivity index (χ3n) is 2.96. The van der Waals surface area contributed by atoms with Gasteiger partial charge in [0.25, 0.3) is 0 Å². The fraction of sp³-hybridized carbons (Fsp3) is 0.900. The van der Waals surface area contributed by atoms with Gasteiger partial charge >= 0.3 is 0 Å². The van der Waals surface area contributed by atoms with Crippen molar-refractivity contribution >= 4 is 5.91 Å². The highest BCUT2D eigenvalue weighted by molar-refractivity contribution is 5.82. The Hall–Kier alpha value is -0.610. The van der Waals surface area contributed by atoms with Crippen LogP contribution in [0.25, 0.3) is 0 Å². The minimum absolute atomic E-state index is 0.150. The predicted molar refractivity (Wildman–Crippen MR) is 56.7 cm³/mol. The number of piperidine rings is 1. The van der Waals surface area contributed by atoms with Crippen molar-refractivity contribution in [2.24, 2.45) is 5.41 Å². The zero-order valence-electron chi connectivity index (χ0n) is 9.39. The van der Waals surface area contributed by atoms with Crippen molar-refractivity contribution in [3.8, 4) is 0 Å². The number of nitrogens with zero attached hydrogens (tertiary/aromatic N) is 1. The van der Waals surface area contributed by atoms with Crippen LogP contribution in [0.1, 0.15) is 26.2 Å². The summed E-state index contributed by atoms with van der Waals surface area (Å²) in [5, 5.41) is 5.02. The second-order valence-corrected chi connectivity index (χ2v) is 4.25. The number of amides is 1. The van der Waals surface area contributed by atoms with Gasteiger partial charge in [0.2, 0.25) is 5.91 Å². The van der Waals surface area contributed by atoms with Crippen LogP contribution in [0.5, 0.6) is 0 Å². The Kier molecular flexibility index (Phi) is 3.89. The number of carbonyl (C=O) groups is 1. The Morgan fingerprint density at radius 3 is 2.71 bits per heavy atom. The summed E-state index contributed by atoms with van der Waals surface area (Å²) in [5.74, 6) is 0.150. The molecule has 1 atom stereocenters. The van der Waals surface area contributed by atoms with Crippen molar-refractivity contribution in [2.75, 3.05) is 27.2 Å². The number of hydrazine groups is 1. The normalized spacial score (nSPS) is 27.7. The zero-order valence-corrected chi connectivity index (χ0v) is 9.39. The lowest BCUT2D eigenvalue weighted by molar-refractivity contribution is -0.136. The van der Waals surface area contributed by atoms with E-state index in [0.717, 1.165) is 32.4 Å². The average Bonchev–Trinajstić information content (AvgIpc) is 2.18. The molecular formula is C10H21N3O. The van der Waals surface area contributed by atoms with Crippen LogP contribution in [0.4, 0.5) is 0 Å². The molecule has 4 heteroatoms. The lowest BCUT2D eigenvalue weighted by Gasteiger charge is -2.36. The summed E-state index contributed by atoms with van der Waals surface area (Å²) in [4.78, 5) is 12.0. The van der Waals surface area contributed by atoms with Crippen LogP contribution in [-0.4, -0.2) is 38.1 Å². The lowest BCUT2D eigenvalue weighted by Crippen LogP contribution is -2.53. The van der Waals surface area contributed by atoms with Gasteiger partial charge in [-0.25, -0.2) is 5.01 Å². The summed E-state index contributed by atoms with van der Waals surface area (Å²) < 4.78 is 0. The Bertz CT molecular complexity index is 198. The minimum atomic E-state index is -0.192. The van der Waals surface area contributed by atoms with Crippen LogP contribution >= 0.6 is 0 Å². The van der Waals surface area contributed by atoms with Crippen LogP contribution < -0.4 is 10.7 Å². The second-order valence-electron chi connectivity index (χ2n) is 4.25. The molecule has 0 spiro atoms. The van der Waals surface area contributed by atoms with Crippen molar-refractivity contribution in [1.82, 2.24) is 15.8 Å². The van der Waals surface area contributed by atoms with Crippen LogP contribution in [0, 0.1) is 5.41 Å². The Morgan fingerprint density at radius 2 is 2.29 bits per heavy atom. The highest BCUT2D eigenvalue weighted by Gasteiger charge is 2.37. The summed E-state index contributed by atoms with van der Waals surface area (Å²) in [6.45, 7) is 3.93. The molecule has 1 unspecified atom stereocenters. The van der Waals surface area contributed by atoms with E-state index in [0.29, 0.717) is 0 Å². The van der Waals surface area contributed by atoms with Gasteiger partial charge in [-0.15, -0.1) is 0 Å². The van der Waals surface area contributed by atoms with Gasteiger partial charge in [0.15, 0.2) is 0 Å². The van der Waals surface area contributed by atoms with Crippen molar-refractivity contribution in [1.29, 1.82) is 0 Å². The quantitative estimate of drug-likeness (QED) is 0.645. The van der Waals surface area contributed by atoms with E-state index in [2.05, 4.69) is 17.7 Å². The Labute approximate surface area is 86.0 Å². The monoisotopic (exact) mass is 199 g/mol.